The molecule has 5 aromatic heterocycles. The summed E-state index contributed by atoms with van der Waals surface area (Å²) < 4.78 is 13.2. The predicted octanol–water partition coefficient (Wildman–Crippen LogP) is 11.1. The third-order valence-corrected chi connectivity index (χ3v) is 10.1. The molecular formula is C45H34N6O. The number of hydrogen-bond acceptors (Lipinski definition) is 4. The number of para-hydroxylation sites is 4. The van der Waals surface area contributed by atoms with Crippen molar-refractivity contribution in [3.05, 3.63) is 158 Å². The van der Waals surface area contributed by atoms with Crippen molar-refractivity contribution in [2.24, 2.45) is 0 Å². The Labute approximate surface area is 300 Å². The van der Waals surface area contributed by atoms with Gasteiger partial charge in [-0.15, -0.1) is 0 Å². The van der Waals surface area contributed by atoms with Crippen molar-refractivity contribution in [3.63, 3.8) is 0 Å². The highest BCUT2D eigenvalue weighted by molar-refractivity contribution is 6.12. The first-order chi connectivity index (χ1) is 25.4. The fourth-order valence-corrected chi connectivity index (χ4v) is 7.54. The van der Waals surface area contributed by atoms with Gasteiger partial charge in [-0.2, -0.15) is 0 Å². The SMILES string of the molecule is CC(C)(C)c1ccnc(-n2c3ccc(-n4c5ccccc5c5ccccc54)cc3c3ccc(Oc4cc(-n5cnc6ccccc65)ccn4)cc32)c1. The van der Waals surface area contributed by atoms with Crippen molar-refractivity contribution in [1.82, 2.24) is 28.7 Å². The molecule has 5 heterocycles. The van der Waals surface area contributed by atoms with Gasteiger partial charge in [0.1, 0.15) is 17.9 Å². The minimum atomic E-state index is -0.0360. The van der Waals surface area contributed by atoms with E-state index in [1.807, 2.05) is 53.5 Å². The van der Waals surface area contributed by atoms with Crippen molar-refractivity contribution in [1.29, 1.82) is 0 Å². The number of nitrogens with zero attached hydrogens (tertiary/aromatic N) is 6. The molecular weight excluding hydrogens is 641 g/mol. The number of pyridine rings is 2. The second kappa shape index (κ2) is 11.4. The maximum absolute atomic E-state index is 6.50. The molecule has 0 saturated carbocycles. The molecule has 0 aliphatic carbocycles. The van der Waals surface area contributed by atoms with Crippen LogP contribution in [0.25, 0.3) is 71.8 Å². The maximum atomic E-state index is 6.50. The van der Waals surface area contributed by atoms with Crippen molar-refractivity contribution in [3.8, 4) is 28.8 Å². The number of aromatic nitrogens is 6. The zero-order valence-corrected chi connectivity index (χ0v) is 29.0. The molecule has 0 fully saturated rings. The van der Waals surface area contributed by atoms with E-state index in [-0.39, 0.29) is 5.41 Å². The van der Waals surface area contributed by atoms with Gasteiger partial charge < -0.3 is 9.30 Å². The van der Waals surface area contributed by atoms with Gasteiger partial charge in [0.05, 0.1) is 38.8 Å². The molecule has 0 N–H and O–H groups in total. The smallest absolute Gasteiger partial charge is 0.221 e. The van der Waals surface area contributed by atoms with Crippen LogP contribution >= 0.6 is 0 Å². The number of ether oxygens (including phenoxy) is 1. The van der Waals surface area contributed by atoms with Crippen LogP contribution in [-0.4, -0.2) is 28.7 Å². The van der Waals surface area contributed by atoms with Crippen LogP contribution in [-0.2, 0) is 5.41 Å². The first kappa shape index (κ1) is 30.1. The largest absolute Gasteiger partial charge is 0.439 e. The molecule has 10 rings (SSSR count). The molecule has 7 nitrogen and oxygen atoms in total. The van der Waals surface area contributed by atoms with Crippen LogP contribution in [0.1, 0.15) is 26.3 Å². The van der Waals surface area contributed by atoms with E-state index in [1.54, 1.807) is 6.20 Å². The Morgan fingerprint density at radius 2 is 1.19 bits per heavy atom. The second-order valence-electron chi connectivity index (χ2n) is 14.3. The summed E-state index contributed by atoms with van der Waals surface area (Å²) in [6.45, 7) is 6.70. The Morgan fingerprint density at radius 3 is 1.98 bits per heavy atom. The molecule has 0 radical (unpaired) electrons. The van der Waals surface area contributed by atoms with E-state index in [2.05, 4.69) is 137 Å². The lowest BCUT2D eigenvalue weighted by Crippen LogP contribution is -2.12. The number of rotatable bonds is 5. The lowest BCUT2D eigenvalue weighted by molar-refractivity contribution is 0.463. The van der Waals surface area contributed by atoms with Gasteiger partial charge in [-0.25, -0.2) is 15.0 Å². The van der Waals surface area contributed by atoms with Crippen LogP contribution in [0.15, 0.2) is 152 Å². The highest BCUT2D eigenvalue weighted by Crippen LogP contribution is 2.39. The highest BCUT2D eigenvalue weighted by atomic mass is 16.5. The van der Waals surface area contributed by atoms with Crippen molar-refractivity contribution >= 4 is 54.6 Å². The molecule has 10 aromatic rings. The number of hydrogen-bond donors (Lipinski definition) is 0. The van der Waals surface area contributed by atoms with Gasteiger partial charge in [0.25, 0.3) is 0 Å². The summed E-state index contributed by atoms with van der Waals surface area (Å²) in [4.78, 5) is 14.1. The van der Waals surface area contributed by atoms with Gasteiger partial charge >= 0.3 is 0 Å². The third kappa shape index (κ3) is 4.77. The Morgan fingerprint density at radius 1 is 0.500 bits per heavy atom. The normalized spacial score (nSPS) is 12.1. The summed E-state index contributed by atoms with van der Waals surface area (Å²) in [5.41, 5.74) is 9.61. The molecule has 0 amide bonds. The van der Waals surface area contributed by atoms with Crippen molar-refractivity contribution in [2.75, 3.05) is 0 Å². The summed E-state index contributed by atoms with van der Waals surface area (Å²) in [6.07, 6.45) is 5.52. The predicted molar refractivity (Wildman–Crippen MR) is 211 cm³/mol. The summed E-state index contributed by atoms with van der Waals surface area (Å²) in [5, 5.41) is 4.73. The number of imidazole rings is 1. The van der Waals surface area contributed by atoms with E-state index >= 15 is 0 Å². The first-order valence-electron chi connectivity index (χ1n) is 17.5. The highest BCUT2D eigenvalue weighted by Gasteiger charge is 2.20. The zero-order valence-electron chi connectivity index (χ0n) is 29.0. The molecule has 0 spiro atoms. The standard InChI is InChI=1S/C45H34N6O/c1-45(2,3)29-20-22-46-43(24-29)51-40-19-16-31(50-38-13-7-4-10-33(38)34-11-5-8-14-39(34)50)25-36(40)35-18-17-32(27-42(35)51)52-44-26-30(21-23-47-44)49-28-48-37-12-6-9-15-41(37)49/h4-28H,1-3H3. The molecule has 52 heavy (non-hydrogen) atoms. The molecule has 0 aliphatic heterocycles. The van der Waals surface area contributed by atoms with Gasteiger partial charge in [-0.1, -0.05) is 69.3 Å². The topological polar surface area (TPSA) is 62.7 Å². The Kier molecular flexibility index (Phi) is 6.60. The molecule has 0 bridgehead atoms. The summed E-state index contributed by atoms with van der Waals surface area (Å²) in [6, 6.07) is 46.6. The van der Waals surface area contributed by atoms with Crippen LogP contribution in [0.3, 0.4) is 0 Å². The zero-order chi connectivity index (χ0) is 35.0. The van der Waals surface area contributed by atoms with Gasteiger partial charge in [0.15, 0.2) is 0 Å². The van der Waals surface area contributed by atoms with Crippen LogP contribution in [0.2, 0.25) is 0 Å². The van der Waals surface area contributed by atoms with Crippen LogP contribution in [0.5, 0.6) is 11.6 Å². The second-order valence-corrected chi connectivity index (χ2v) is 14.3. The maximum Gasteiger partial charge on any atom is 0.221 e. The lowest BCUT2D eigenvalue weighted by atomic mass is 9.88. The average Bonchev–Trinajstić information content (AvgIpc) is 3.84. The lowest BCUT2D eigenvalue weighted by Gasteiger charge is -2.20. The van der Waals surface area contributed by atoms with E-state index < -0.39 is 0 Å². The number of benzene rings is 5. The van der Waals surface area contributed by atoms with Crippen LogP contribution in [0, 0.1) is 0 Å². The van der Waals surface area contributed by atoms with E-state index in [4.69, 9.17) is 9.72 Å². The third-order valence-electron chi connectivity index (χ3n) is 10.1. The van der Waals surface area contributed by atoms with Gasteiger partial charge in [-0.3, -0.25) is 9.13 Å². The molecule has 0 aliphatic rings. The molecule has 7 heteroatoms. The van der Waals surface area contributed by atoms with Crippen LogP contribution < -0.4 is 4.74 Å². The van der Waals surface area contributed by atoms with Gasteiger partial charge in [0, 0.05) is 51.8 Å². The van der Waals surface area contributed by atoms with Crippen molar-refractivity contribution < 1.29 is 4.74 Å². The summed E-state index contributed by atoms with van der Waals surface area (Å²) >= 11 is 0. The van der Waals surface area contributed by atoms with Gasteiger partial charge in [0.2, 0.25) is 5.88 Å². The monoisotopic (exact) mass is 674 g/mol. The molecule has 0 saturated heterocycles. The van der Waals surface area contributed by atoms with E-state index in [0.29, 0.717) is 11.6 Å². The fourth-order valence-electron chi connectivity index (χ4n) is 7.54. The van der Waals surface area contributed by atoms with E-state index in [0.717, 1.165) is 50.0 Å². The Bertz CT molecular complexity index is 2940. The summed E-state index contributed by atoms with van der Waals surface area (Å²) in [5.74, 6) is 2.05. The molecule has 0 unspecified atom stereocenters. The van der Waals surface area contributed by atoms with E-state index in [1.165, 1.54) is 27.4 Å². The number of fused-ring (bicyclic) bond motifs is 7. The minimum Gasteiger partial charge on any atom is -0.439 e. The van der Waals surface area contributed by atoms with Crippen molar-refractivity contribution in [2.45, 2.75) is 26.2 Å². The molecule has 5 aromatic carbocycles. The van der Waals surface area contributed by atoms with Crippen LogP contribution in [0.4, 0.5) is 0 Å². The molecule has 250 valence electrons. The van der Waals surface area contributed by atoms with Gasteiger partial charge in [-0.05, 0) is 83.8 Å². The Hall–Kier alpha value is -6.73. The first-order valence-corrected chi connectivity index (χ1v) is 17.5. The average molecular weight is 675 g/mol. The quantitative estimate of drug-likeness (QED) is 0.182. The Balaban J connectivity index is 1.15. The van der Waals surface area contributed by atoms with E-state index in [9.17, 15) is 0 Å². The summed E-state index contributed by atoms with van der Waals surface area (Å²) in [7, 11) is 0. The fraction of sp³-hybridized carbons (Fsp3) is 0.0889. The molecule has 0 atom stereocenters. The minimum absolute atomic E-state index is 0.0360.